The van der Waals surface area contributed by atoms with Gasteiger partial charge in [0.25, 0.3) is 0 Å². The van der Waals surface area contributed by atoms with Crippen molar-refractivity contribution in [3.05, 3.63) is 23.8 Å². The summed E-state index contributed by atoms with van der Waals surface area (Å²) in [7, 11) is 5.91. The SMILES string of the molecule is CCCC(C)NCC(=O)N(C)c1ccc(CC)c(N(C)C)c1. The third kappa shape index (κ3) is 5.02. The van der Waals surface area contributed by atoms with Gasteiger partial charge in [-0.2, -0.15) is 0 Å². The molecule has 0 bridgehead atoms. The second-order valence-electron chi connectivity index (χ2n) is 6.08. The van der Waals surface area contributed by atoms with Crippen LogP contribution in [0, 0.1) is 0 Å². The molecule has 1 atom stereocenters. The summed E-state index contributed by atoms with van der Waals surface area (Å²) in [5, 5.41) is 3.29. The largest absolute Gasteiger partial charge is 0.377 e. The normalized spacial score (nSPS) is 12.1. The molecule has 0 saturated carbocycles. The standard InChI is InChI=1S/C18H31N3O/c1-7-9-14(3)19-13-18(22)21(6)16-11-10-15(8-2)17(12-16)20(4)5/h10-12,14,19H,7-9,13H2,1-6H3. The fourth-order valence-corrected chi connectivity index (χ4v) is 2.54. The van der Waals surface area contributed by atoms with Gasteiger partial charge in [0.2, 0.25) is 5.91 Å². The van der Waals surface area contributed by atoms with Gasteiger partial charge in [-0.25, -0.2) is 0 Å². The highest BCUT2D eigenvalue weighted by molar-refractivity contribution is 5.94. The maximum absolute atomic E-state index is 12.3. The molecule has 0 aromatic heterocycles. The molecule has 124 valence electrons. The number of nitrogens with one attached hydrogen (secondary N) is 1. The fraction of sp³-hybridized carbons (Fsp3) is 0.611. The van der Waals surface area contributed by atoms with E-state index in [1.54, 1.807) is 4.90 Å². The molecular weight excluding hydrogens is 274 g/mol. The first-order chi connectivity index (χ1) is 10.4. The van der Waals surface area contributed by atoms with Crippen molar-refractivity contribution < 1.29 is 4.79 Å². The van der Waals surface area contributed by atoms with E-state index >= 15 is 0 Å². The van der Waals surface area contributed by atoms with Gasteiger partial charge in [-0.1, -0.05) is 26.3 Å². The average molecular weight is 305 g/mol. The zero-order chi connectivity index (χ0) is 16.7. The molecule has 0 aliphatic rings. The Balaban J connectivity index is 2.78. The minimum Gasteiger partial charge on any atom is -0.377 e. The van der Waals surface area contributed by atoms with E-state index in [1.165, 1.54) is 11.3 Å². The van der Waals surface area contributed by atoms with Crippen molar-refractivity contribution in [2.75, 3.05) is 37.5 Å². The molecule has 1 aromatic carbocycles. The summed E-state index contributed by atoms with van der Waals surface area (Å²) in [6, 6.07) is 6.61. The monoisotopic (exact) mass is 305 g/mol. The molecule has 1 aromatic rings. The number of hydrogen-bond donors (Lipinski definition) is 1. The van der Waals surface area contributed by atoms with Crippen molar-refractivity contribution in [1.82, 2.24) is 5.32 Å². The first kappa shape index (κ1) is 18.5. The van der Waals surface area contributed by atoms with Crippen molar-refractivity contribution in [1.29, 1.82) is 0 Å². The van der Waals surface area contributed by atoms with E-state index in [2.05, 4.69) is 43.1 Å². The Bertz CT molecular complexity index is 485. The number of nitrogens with zero attached hydrogens (tertiary/aromatic N) is 2. The van der Waals surface area contributed by atoms with E-state index in [1.807, 2.05) is 27.2 Å². The Labute approximate surface area is 135 Å². The van der Waals surface area contributed by atoms with Gasteiger partial charge in [0.1, 0.15) is 0 Å². The van der Waals surface area contributed by atoms with Crippen LogP contribution in [0.3, 0.4) is 0 Å². The Morgan fingerprint density at radius 2 is 1.91 bits per heavy atom. The highest BCUT2D eigenvalue weighted by Crippen LogP contribution is 2.25. The number of aryl methyl sites for hydroxylation is 1. The van der Waals surface area contributed by atoms with Crippen LogP contribution in [0.2, 0.25) is 0 Å². The summed E-state index contributed by atoms with van der Waals surface area (Å²) in [6.45, 7) is 6.81. The van der Waals surface area contributed by atoms with Crippen LogP contribution in [0.5, 0.6) is 0 Å². The average Bonchev–Trinajstić information content (AvgIpc) is 2.51. The summed E-state index contributed by atoms with van der Waals surface area (Å²) in [5.41, 5.74) is 3.41. The van der Waals surface area contributed by atoms with E-state index in [9.17, 15) is 4.79 Å². The van der Waals surface area contributed by atoms with Crippen molar-refractivity contribution in [3.63, 3.8) is 0 Å². The second kappa shape index (κ2) is 8.79. The van der Waals surface area contributed by atoms with Gasteiger partial charge in [-0.3, -0.25) is 4.79 Å². The Morgan fingerprint density at radius 3 is 2.45 bits per heavy atom. The number of carbonyl (C=O) groups excluding carboxylic acids is 1. The number of hydrogen-bond acceptors (Lipinski definition) is 3. The predicted octanol–water partition coefficient (Wildman–Crippen LogP) is 3.06. The summed E-state index contributed by atoms with van der Waals surface area (Å²) in [5.74, 6) is 0.0944. The number of likely N-dealkylation sites (N-methyl/N-ethyl adjacent to an activating group) is 1. The van der Waals surface area contributed by atoms with Crippen molar-refractivity contribution in [2.45, 2.75) is 46.1 Å². The highest BCUT2D eigenvalue weighted by Gasteiger charge is 2.14. The van der Waals surface area contributed by atoms with Gasteiger partial charge in [0.15, 0.2) is 0 Å². The molecule has 1 N–H and O–H groups in total. The van der Waals surface area contributed by atoms with E-state index in [0.29, 0.717) is 12.6 Å². The number of anilines is 2. The van der Waals surface area contributed by atoms with Gasteiger partial charge < -0.3 is 15.1 Å². The van der Waals surface area contributed by atoms with Gasteiger partial charge in [-0.15, -0.1) is 0 Å². The molecule has 1 unspecified atom stereocenters. The smallest absolute Gasteiger partial charge is 0.240 e. The first-order valence-electron chi connectivity index (χ1n) is 8.20. The number of carbonyl (C=O) groups is 1. The molecule has 0 heterocycles. The van der Waals surface area contributed by atoms with Crippen LogP contribution in [-0.4, -0.2) is 39.6 Å². The van der Waals surface area contributed by atoms with Gasteiger partial charge in [0.05, 0.1) is 6.54 Å². The molecule has 0 aliphatic heterocycles. The summed E-state index contributed by atoms with van der Waals surface area (Å²) >= 11 is 0. The fourth-order valence-electron chi connectivity index (χ4n) is 2.54. The van der Waals surface area contributed by atoms with Crippen LogP contribution in [0.1, 0.15) is 39.2 Å². The lowest BCUT2D eigenvalue weighted by molar-refractivity contribution is -0.117. The maximum Gasteiger partial charge on any atom is 0.240 e. The quantitative estimate of drug-likeness (QED) is 0.802. The Morgan fingerprint density at radius 1 is 1.23 bits per heavy atom. The lowest BCUT2D eigenvalue weighted by atomic mass is 10.1. The van der Waals surface area contributed by atoms with E-state index in [4.69, 9.17) is 0 Å². The second-order valence-corrected chi connectivity index (χ2v) is 6.08. The Kier molecular flexibility index (Phi) is 7.39. The number of amides is 1. The Hall–Kier alpha value is -1.55. The molecule has 0 fully saturated rings. The van der Waals surface area contributed by atoms with Crippen molar-refractivity contribution in [3.8, 4) is 0 Å². The number of rotatable bonds is 8. The van der Waals surface area contributed by atoms with Crippen LogP contribution in [0.15, 0.2) is 18.2 Å². The number of benzene rings is 1. The first-order valence-corrected chi connectivity index (χ1v) is 8.20. The summed E-state index contributed by atoms with van der Waals surface area (Å²) in [4.78, 5) is 16.2. The van der Waals surface area contributed by atoms with Gasteiger partial charge in [-0.05, 0) is 37.5 Å². The minimum atomic E-state index is 0.0944. The molecule has 0 radical (unpaired) electrons. The molecule has 1 amide bonds. The lowest BCUT2D eigenvalue weighted by Gasteiger charge is -2.23. The van der Waals surface area contributed by atoms with Crippen molar-refractivity contribution in [2.24, 2.45) is 0 Å². The van der Waals surface area contributed by atoms with E-state index < -0.39 is 0 Å². The zero-order valence-corrected chi connectivity index (χ0v) is 14.9. The van der Waals surface area contributed by atoms with Gasteiger partial charge in [0, 0.05) is 38.6 Å². The highest BCUT2D eigenvalue weighted by atomic mass is 16.2. The maximum atomic E-state index is 12.3. The minimum absolute atomic E-state index is 0.0944. The van der Waals surface area contributed by atoms with E-state index in [0.717, 1.165) is 24.9 Å². The molecule has 4 nitrogen and oxygen atoms in total. The lowest BCUT2D eigenvalue weighted by Crippen LogP contribution is -2.39. The van der Waals surface area contributed by atoms with Crippen LogP contribution < -0.4 is 15.1 Å². The molecule has 0 aliphatic carbocycles. The third-order valence-corrected chi connectivity index (χ3v) is 4.02. The van der Waals surface area contributed by atoms with E-state index in [-0.39, 0.29) is 5.91 Å². The molecular formula is C18H31N3O. The molecule has 0 spiro atoms. The van der Waals surface area contributed by atoms with Gasteiger partial charge >= 0.3 is 0 Å². The molecule has 0 saturated heterocycles. The molecule has 1 rings (SSSR count). The summed E-state index contributed by atoms with van der Waals surface area (Å²) in [6.07, 6.45) is 3.21. The molecule has 22 heavy (non-hydrogen) atoms. The van der Waals surface area contributed by atoms with Crippen LogP contribution in [0.25, 0.3) is 0 Å². The molecule has 4 heteroatoms. The van der Waals surface area contributed by atoms with Crippen molar-refractivity contribution >= 4 is 17.3 Å². The third-order valence-electron chi connectivity index (χ3n) is 4.02. The van der Waals surface area contributed by atoms with Crippen LogP contribution in [0.4, 0.5) is 11.4 Å². The van der Waals surface area contributed by atoms with Crippen LogP contribution >= 0.6 is 0 Å². The summed E-state index contributed by atoms with van der Waals surface area (Å²) < 4.78 is 0. The zero-order valence-electron chi connectivity index (χ0n) is 14.9. The van der Waals surface area contributed by atoms with Crippen LogP contribution in [-0.2, 0) is 11.2 Å². The predicted molar refractivity (Wildman–Crippen MR) is 95.9 cm³/mol. The topological polar surface area (TPSA) is 35.6 Å².